The number of ether oxygens (including phenoxy) is 2. The maximum Gasteiger partial charge on any atom is 0.238 e. The third kappa shape index (κ3) is 3.61. The molecule has 108 valence electrons. The number of nitrogens with one attached hydrogen (secondary N) is 2. The van der Waals surface area contributed by atoms with Gasteiger partial charge in [-0.25, -0.2) is 0 Å². The average Bonchev–Trinajstić information content (AvgIpc) is 2.44. The van der Waals surface area contributed by atoms with Crippen molar-refractivity contribution in [2.45, 2.75) is 13.0 Å². The van der Waals surface area contributed by atoms with Crippen molar-refractivity contribution in [3.05, 3.63) is 18.2 Å². The van der Waals surface area contributed by atoms with E-state index in [9.17, 15) is 9.59 Å². The highest BCUT2D eigenvalue weighted by Gasteiger charge is 2.13. The van der Waals surface area contributed by atoms with Crippen LogP contribution in [0.2, 0.25) is 0 Å². The highest BCUT2D eigenvalue weighted by atomic mass is 16.6. The lowest BCUT2D eigenvalue weighted by atomic mass is 10.2. The first-order chi connectivity index (χ1) is 9.56. The Morgan fingerprint density at radius 2 is 2.00 bits per heavy atom. The van der Waals surface area contributed by atoms with Gasteiger partial charge in [0.2, 0.25) is 11.8 Å². The van der Waals surface area contributed by atoms with Crippen LogP contribution in [0.25, 0.3) is 0 Å². The van der Waals surface area contributed by atoms with E-state index in [2.05, 4.69) is 10.6 Å². The number of amides is 2. The molecule has 0 radical (unpaired) electrons. The number of hydrogen-bond acceptors (Lipinski definition) is 5. The minimum atomic E-state index is -0.555. The molecule has 0 fully saturated rings. The smallest absolute Gasteiger partial charge is 0.238 e. The van der Waals surface area contributed by atoms with E-state index in [1.807, 2.05) is 0 Å². The zero-order valence-electron chi connectivity index (χ0n) is 11.1. The summed E-state index contributed by atoms with van der Waals surface area (Å²) in [6.07, 6.45) is 0. The Balaban J connectivity index is 1.89. The monoisotopic (exact) mass is 279 g/mol. The Morgan fingerprint density at radius 3 is 2.70 bits per heavy atom. The highest BCUT2D eigenvalue weighted by molar-refractivity contribution is 5.93. The normalized spacial score (nSPS) is 14.4. The molecular formula is C13H17N3O4. The summed E-state index contributed by atoms with van der Waals surface area (Å²) in [7, 11) is 0. The molecular weight excluding hydrogens is 262 g/mol. The molecule has 4 N–H and O–H groups in total. The van der Waals surface area contributed by atoms with E-state index in [4.69, 9.17) is 15.2 Å². The first kappa shape index (κ1) is 14.1. The van der Waals surface area contributed by atoms with Gasteiger partial charge in [0.1, 0.15) is 13.2 Å². The fraction of sp³-hybridized carbons (Fsp3) is 0.385. The van der Waals surface area contributed by atoms with Gasteiger partial charge in [-0.3, -0.25) is 14.9 Å². The number of benzene rings is 1. The zero-order chi connectivity index (χ0) is 14.5. The predicted molar refractivity (Wildman–Crippen MR) is 72.7 cm³/mol. The van der Waals surface area contributed by atoms with Gasteiger partial charge in [-0.05, 0) is 19.1 Å². The maximum absolute atomic E-state index is 11.7. The van der Waals surface area contributed by atoms with Crippen LogP contribution in [0.5, 0.6) is 11.5 Å². The molecule has 2 amide bonds. The Morgan fingerprint density at radius 1 is 1.30 bits per heavy atom. The summed E-state index contributed by atoms with van der Waals surface area (Å²) in [5.74, 6) is 0.495. The van der Waals surface area contributed by atoms with Crippen molar-refractivity contribution >= 4 is 17.5 Å². The number of rotatable bonds is 5. The molecule has 1 aromatic carbocycles. The summed E-state index contributed by atoms with van der Waals surface area (Å²) in [6.45, 7) is 2.61. The first-order valence-corrected chi connectivity index (χ1v) is 6.28. The lowest BCUT2D eigenvalue weighted by Gasteiger charge is -2.19. The Hall–Kier alpha value is -2.28. The van der Waals surface area contributed by atoms with Crippen molar-refractivity contribution in [3.8, 4) is 11.5 Å². The average molecular weight is 279 g/mol. The summed E-state index contributed by atoms with van der Waals surface area (Å²) in [5.41, 5.74) is 5.69. The summed E-state index contributed by atoms with van der Waals surface area (Å²) >= 11 is 0. The van der Waals surface area contributed by atoms with Gasteiger partial charge in [0.15, 0.2) is 11.5 Å². The number of nitrogens with two attached hydrogens (primary N) is 1. The topological polar surface area (TPSA) is 103 Å². The Labute approximate surface area is 116 Å². The van der Waals surface area contributed by atoms with Crippen LogP contribution in [-0.4, -0.2) is 37.6 Å². The van der Waals surface area contributed by atoms with Gasteiger partial charge >= 0.3 is 0 Å². The van der Waals surface area contributed by atoms with Crippen LogP contribution >= 0.6 is 0 Å². The molecule has 1 aliphatic rings. The molecule has 20 heavy (non-hydrogen) atoms. The summed E-state index contributed by atoms with van der Waals surface area (Å²) in [5, 5.41) is 5.42. The zero-order valence-corrected chi connectivity index (χ0v) is 11.1. The number of hydrogen-bond donors (Lipinski definition) is 3. The molecule has 0 aliphatic carbocycles. The second-order valence-electron chi connectivity index (χ2n) is 4.41. The van der Waals surface area contributed by atoms with Crippen molar-refractivity contribution in [2.24, 2.45) is 5.73 Å². The van der Waals surface area contributed by atoms with E-state index in [-0.39, 0.29) is 12.5 Å². The minimum absolute atomic E-state index is 0.00144. The fourth-order valence-corrected chi connectivity index (χ4v) is 1.67. The van der Waals surface area contributed by atoms with Gasteiger partial charge in [-0.1, -0.05) is 0 Å². The molecule has 7 heteroatoms. The molecule has 1 heterocycles. The fourth-order valence-electron chi connectivity index (χ4n) is 1.67. The van der Waals surface area contributed by atoms with Crippen LogP contribution in [0.4, 0.5) is 5.69 Å². The molecule has 1 aromatic rings. The molecule has 1 atom stereocenters. The molecule has 0 bridgehead atoms. The van der Waals surface area contributed by atoms with Crippen molar-refractivity contribution in [1.29, 1.82) is 0 Å². The summed E-state index contributed by atoms with van der Waals surface area (Å²) < 4.78 is 10.8. The highest BCUT2D eigenvalue weighted by Crippen LogP contribution is 2.32. The van der Waals surface area contributed by atoms with Crippen molar-refractivity contribution in [2.75, 3.05) is 25.1 Å². The molecule has 1 unspecified atom stereocenters. The first-order valence-electron chi connectivity index (χ1n) is 6.28. The number of carbonyl (C=O) groups is 2. The largest absolute Gasteiger partial charge is 0.486 e. The Bertz CT molecular complexity index is 518. The summed E-state index contributed by atoms with van der Waals surface area (Å²) in [6, 6.07) is 4.61. The van der Waals surface area contributed by atoms with Gasteiger partial charge in [-0.2, -0.15) is 0 Å². The van der Waals surface area contributed by atoms with Gasteiger partial charge in [0, 0.05) is 11.8 Å². The van der Waals surface area contributed by atoms with Gasteiger partial charge in [0.25, 0.3) is 0 Å². The predicted octanol–water partition coefficient (Wildman–Crippen LogP) is -0.140. The quantitative estimate of drug-likeness (QED) is 0.696. The van der Waals surface area contributed by atoms with Crippen molar-refractivity contribution in [3.63, 3.8) is 0 Å². The maximum atomic E-state index is 11.7. The lowest BCUT2D eigenvalue weighted by molar-refractivity contribution is -0.120. The second-order valence-corrected chi connectivity index (χ2v) is 4.41. The van der Waals surface area contributed by atoms with E-state index in [0.29, 0.717) is 30.4 Å². The van der Waals surface area contributed by atoms with E-state index in [0.717, 1.165) is 0 Å². The minimum Gasteiger partial charge on any atom is -0.486 e. The standard InChI is InChI=1S/C13H17N3O4/c1-8(13(14)18)15-7-12(17)16-9-2-3-10-11(6-9)20-5-4-19-10/h2-3,6,8,15H,4-5,7H2,1H3,(H2,14,18)(H,16,17). The number of carbonyl (C=O) groups excluding carboxylic acids is 2. The van der Waals surface area contributed by atoms with Crippen LogP contribution in [-0.2, 0) is 9.59 Å². The van der Waals surface area contributed by atoms with Crippen LogP contribution in [0.15, 0.2) is 18.2 Å². The number of primary amides is 1. The molecule has 0 saturated heterocycles. The molecule has 0 aromatic heterocycles. The van der Waals surface area contributed by atoms with Crippen LogP contribution in [0, 0.1) is 0 Å². The van der Waals surface area contributed by atoms with E-state index in [1.54, 1.807) is 25.1 Å². The van der Waals surface area contributed by atoms with Gasteiger partial charge in [0.05, 0.1) is 12.6 Å². The summed E-state index contributed by atoms with van der Waals surface area (Å²) in [4.78, 5) is 22.5. The molecule has 1 aliphatic heterocycles. The van der Waals surface area contributed by atoms with E-state index < -0.39 is 11.9 Å². The number of anilines is 1. The molecule has 0 spiro atoms. The van der Waals surface area contributed by atoms with Crippen LogP contribution < -0.4 is 25.8 Å². The van der Waals surface area contributed by atoms with E-state index in [1.165, 1.54) is 0 Å². The van der Waals surface area contributed by atoms with E-state index >= 15 is 0 Å². The van der Waals surface area contributed by atoms with Gasteiger partial charge in [-0.15, -0.1) is 0 Å². The van der Waals surface area contributed by atoms with Crippen molar-refractivity contribution < 1.29 is 19.1 Å². The van der Waals surface area contributed by atoms with Crippen molar-refractivity contribution in [1.82, 2.24) is 5.32 Å². The van der Waals surface area contributed by atoms with Crippen LogP contribution in [0.3, 0.4) is 0 Å². The molecule has 2 rings (SSSR count). The second kappa shape index (κ2) is 6.25. The Kier molecular flexibility index (Phi) is 4.41. The number of fused-ring (bicyclic) bond motifs is 1. The molecule has 0 saturated carbocycles. The third-order valence-electron chi connectivity index (χ3n) is 2.82. The lowest BCUT2D eigenvalue weighted by Crippen LogP contribution is -2.42. The third-order valence-corrected chi connectivity index (χ3v) is 2.82. The SMILES string of the molecule is CC(NCC(=O)Nc1ccc2c(c1)OCCO2)C(N)=O. The van der Waals surface area contributed by atoms with Gasteiger partial charge < -0.3 is 20.5 Å². The van der Waals surface area contributed by atoms with Crippen LogP contribution in [0.1, 0.15) is 6.92 Å². The molecule has 7 nitrogen and oxygen atoms in total.